The predicted octanol–water partition coefficient (Wildman–Crippen LogP) is 3.24. The fraction of sp³-hybridized carbons (Fsp3) is 0.571. The van der Waals surface area contributed by atoms with E-state index in [1.165, 1.54) is 0 Å². The summed E-state index contributed by atoms with van der Waals surface area (Å²) in [4.78, 5) is 0. The molecule has 1 saturated heterocycles. The Balaban J connectivity index is 2.24. The Kier molecular flexibility index (Phi) is 4.63. The molecule has 1 unspecified atom stereocenters. The third-order valence-electron chi connectivity index (χ3n) is 3.62. The van der Waals surface area contributed by atoms with Crippen LogP contribution >= 0.6 is 0 Å². The lowest BCUT2D eigenvalue weighted by Gasteiger charge is -2.35. The molecule has 0 aromatic heterocycles. The molecule has 0 spiro atoms. The monoisotopic (exact) mass is 321 g/mol. The zero-order valence-corrected chi connectivity index (χ0v) is 12.5. The highest BCUT2D eigenvalue weighted by atomic mass is 32.2. The summed E-state index contributed by atoms with van der Waals surface area (Å²) >= 11 is 0. The third-order valence-corrected chi connectivity index (χ3v) is 5.47. The standard InChI is InChI=1S/C14H18F3NO2S/c1-11-5-4-6-12(9-11)10-21(19,20)18-8-3-2-7-13(18)14(15,16)17/h4-6,9,13H,2-3,7-8,10H2,1H3. The molecule has 1 atom stereocenters. The van der Waals surface area contributed by atoms with E-state index in [0.717, 1.165) is 5.56 Å². The summed E-state index contributed by atoms with van der Waals surface area (Å²) in [6.07, 6.45) is -3.79. The first-order valence-corrected chi connectivity index (χ1v) is 8.43. The molecule has 2 rings (SSSR count). The highest BCUT2D eigenvalue weighted by Gasteiger charge is 2.48. The maximum absolute atomic E-state index is 13.0. The first-order chi connectivity index (χ1) is 9.70. The van der Waals surface area contributed by atoms with Crippen LogP contribution in [0.3, 0.4) is 0 Å². The molecule has 1 aliphatic rings. The minimum absolute atomic E-state index is 0.0572. The van der Waals surface area contributed by atoms with Gasteiger partial charge >= 0.3 is 6.18 Å². The average Bonchev–Trinajstić information content (AvgIpc) is 2.37. The van der Waals surface area contributed by atoms with Crippen molar-refractivity contribution in [3.05, 3.63) is 35.4 Å². The topological polar surface area (TPSA) is 37.4 Å². The molecule has 1 heterocycles. The molecule has 118 valence electrons. The van der Waals surface area contributed by atoms with E-state index in [1.807, 2.05) is 13.0 Å². The van der Waals surface area contributed by atoms with Crippen LogP contribution in [0.1, 0.15) is 30.4 Å². The highest BCUT2D eigenvalue weighted by molar-refractivity contribution is 7.88. The van der Waals surface area contributed by atoms with Gasteiger partial charge in [-0.2, -0.15) is 17.5 Å². The van der Waals surface area contributed by atoms with E-state index in [9.17, 15) is 21.6 Å². The number of alkyl halides is 3. The normalized spacial score (nSPS) is 21.4. The van der Waals surface area contributed by atoms with Crippen molar-refractivity contribution in [3.63, 3.8) is 0 Å². The molecule has 1 aliphatic heterocycles. The van der Waals surface area contributed by atoms with E-state index in [1.54, 1.807) is 18.2 Å². The molecule has 1 aromatic carbocycles. The Morgan fingerprint density at radius 3 is 2.62 bits per heavy atom. The van der Waals surface area contributed by atoms with Crippen LogP contribution in [0.25, 0.3) is 0 Å². The smallest absolute Gasteiger partial charge is 0.212 e. The van der Waals surface area contributed by atoms with Gasteiger partial charge in [-0.25, -0.2) is 8.42 Å². The number of sulfonamides is 1. The van der Waals surface area contributed by atoms with Gasteiger partial charge in [-0.3, -0.25) is 0 Å². The van der Waals surface area contributed by atoms with E-state index in [0.29, 0.717) is 22.7 Å². The van der Waals surface area contributed by atoms with Crippen molar-refractivity contribution < 1.29 is 21.6 Å². The van der Waals surface area contributed by atoms with E-state index in [4.69, 9.17) is 0 Å². The van der Waals surface area contributed by atoms with Crippen LogP contribution < -0.4 is 0 Å². The molecule has 0 aliphatic carbocycles. The zero-order valence-electron chi connectivity index (χ0n) is 11.7. The van der Waals surface area contributed by atoms with Crippen molar-refractivity contribution in [2.45, 2.75) is 44.2 Å². The second kappa shape index (κ2) is 5.96. The second-order valence-corrected chi connectivity index (χ2v) is 7.33. The number of nitrogens with zero attached hydrogens (tertiary/aromatic N) is 1. The minimum Gasteiger partial charge on any atom is -0.212 e. The molecule has 0 amide bonds. The molecule has 0 saturated carbocycles. The van der Waals surface area contributed by atoms with Gasteiger partial charge in [0.15, 0.2) is 0 Å². The summed E-state index contributed by atoms with van der Waals surface area (Å²) in [7, 11) is -3.97. The van der Waals surface area contributed by atoms with Gasteiger partial charge in [-0.05, 0) is 25.3 Å². The van der Waals surface area contributed by atoms with Crippen molar-refractivity contribution >= 4 is 10.0 Å². The Labute approximate surface area is 122 Å². The summed E-state index contributed by atoms with van der Waals surface area (Å²) in [6.45, 7) is 1.76. The lowest BCUT2D eigenvalue weighted by molar-refractivity contribution is -0.177. The van der Waals surface area contributed by atoms with Crippen molar-refractivity contribution in [2.24, 2.45) is 0 Å². The largest absolute Gasteiger partial charge is 0.405 e. The molecule has 0 radical (unpaired) electrons. The molecular weight excluding hydrogens is 303 g/mol. The maximum Gasteiger partial charge on any atom is 0.405 e. The molecule has 3 nitrogen and oxygen atoms in total. The fourth-order valence-corrected chi connectivity index (χ4v) is 4.45. The number of rotatable bonds is 3. The van der Waals surface area contributed by atoms with Gasteiger partial charge in [0.2, 0.25) is 10.0 Å². The summed E-state index contributed by atoms with van der Waals surface area (Å²) in [5.74, 6) is -0.388. The Morgan fingerprint density at radius 1 is 1.29 bits per heavy atom. The number of aryl methyl sites for hydroxylation is 1. The number of halogens is 3. The van der Waals surface area contributed by atoms with Gasteiger partial charge in [-0.1, -0.05) is 36.2 Å². The van der Waals surface area contributed by atoms with E-state index < -0.39 is 22.2 Å². The van der Waals surface area contributed by atoms with Gasteiger partial charge in [0.25, 0.3) is 0 Å². The fourth-order valence-electron chi connectivity index (χ4n) is 2.66. The van der Waals surface area contributed by atoms with Crippen LogP contribution in [0, 0.1) is 6.92 Å². The molecular formula is C14H18F3NO2S. The van der Waals surface area contributed by atoms with Crippen molar-refractivity contribution in [3.8, 4) is 0 Å². The van der Waals surface area contributed by atoms with Gasteiger partial charge in [0.1, 0.15) is 6.04 Å². The van der Waals surface area contributed by atoms with Crippen molar-refractivity contribution in [1.29, 1.82) is 0 Å². The average molecular weight is 321 g/mol. The van der Waals surface area contributed by atoms with Crippen LogP contribution in [0.15, 0.2) is 24.3 Å². The summed E-state index contributed by atoms with van der Waals surface area (Å²) < 4.78 is 64.4. The second-order valence-electron chi connectivity index (χ2n) is 5.41. The number of benzene rings is 1. The van der Waals surface area contributed by atoms with Gasteiger partial charge in [0, 0.05) is 6.54 Å². The van der Waals surface area contributed by atoms with Crippen LogP contribution in [0.4, 0.5) is 13.2 Å². The van der Waals surface area contributed by atoms with E-state index in [2.05, 4.69) is 0 Å². The first kappa shape index (κ1) is 16.3. The summed E-state index contributed by atoms with van der Waals surface area (Å²) in [5, 5.41) is 0. The lowest BCUT2D eigenvalue weighted by Crippen LogP contribution is -2.51. The Bertz CT molecular complexity index is 598. The first-order valence-electron chi connectivity index (χ1n) is 6.82. The summed E-state index contributed by atoms with van der Waals surface area (Å²) in [5.41, 5.74) is 1.40. The minimum atomic E-state index is -4.51. The molecule has 7 heteroatoms. The van der Waals surface area contributed by atoms with Gasteiger partial charge in [0.05, 0.1) is 5.75 Å². The maximum atomic E-state index is 13.0. The molecule has 1 fully saturated rings. The number of hydrogen-bond donors (Lipinski definition) is 0. The van der Waals surface area contributed by atoms with E-state index >= 15 is 0 Å². The Morgan fingerprint density at radius 2 is 2.00 bits per heavy atom. The molecule has 21 heavy (non-hydrogen) atoms. The van der Waals surface area contributed by atoms with Gasteiger partial charge in [-0.15, -0.1) is 0 Å². The van der Waals surface area contributed by atoms with Crippen LogP contribution in [0.5, 0.6) is 0 Å². The Hall–Kier alpha value is -1.08. The van der Waals surface area contributed by atoms with Crippen LogP contribution in [0.2, 0.25) is 0 Å². The van der Waals surface area contributed by atoms with Crippen LogP contribution in [-0.2, 0) is 15.8 Å². The van der Waals surface area contributed by atoms with Crippen LogP contribution in [-0.4, -0.2) is 31.5 Å². The van der Waals surface area contributed by atoms with Crippen molar-refractivity contribution in [2.75, 3.05) is 6.54 Å². The summed E-state index contributed by atoms with van der Waals surface area (Å²) in [6, 6.07) is 4.94. The van der Waals surface area contributed by atoms with Gasteiger partial charge < -0.3 is 0 Å². The zero-order chi connectivity index (χ0) is 15.7. The van der Waals surface area contributed by atoms with Crippen molar-refractivity contribution in [1.82, 2.24) is 4.31 Å². The lowest BCUT2D eigenvalue weighted by atomic mass is 10.0. The van der Waals surface area contributed by atoms with E-state index in [-0.39, 0.29) is 18.7 Å². The molecule has 1 aromatic rings. The SMILES string of the molecule is Cc1cccc(CS(=O)(=O)N2CCCCC2C(F)(F)F)c1. The molecule has 0 N–H and O–H groups in total. The quantitative estimate of drug-likeness (QED) is 0.857. The predicted molar refractivity (Wildman–Crippen MR) is 74.2 cm³/mol. The number of hydrogen-bond acceptors (Lipinski definition) is 2. The highest BCUT2D eigenvalue weighted by Crippen LogP contribution is 2.34. The molecule has 0 bridgehead atoms. The number of piperidine rings is 1. The third kappa shape index (κ3) is 3.97.